The van der Waals surface area contributed by atoms with Gasteiger partial charge in [0.2, 0.25) is 0 Å². The molecule has 0 aliphatic heterocycles. The van der Waals surface area contributed by atoms with E-state index in [2.05, 4.69) is 9.97 Å². The number of methoxy groups -OCH3 is 2. The summed E-state index contributed by atoms with van der Waals surface area (Å²) < 4.78 is 10.8. The number of aromatic nitrogens is 2. The topological polar surface area (TPSA) is 84.7 Å². The fraction of sp³-hybridized carbons (Fsp3) is 0.0833. The van der Waals surface area contributed by atoms with Crippen LogP contribution in [0.1, 0.15) is 0 Å². The van der Waals surface area contributed by atoms with Crippen molar-refractivity contribution in [1.29, 1.82) is 0 Å². The van der Waals surface area contributed by atoms with Crippen LogP contribution in [0.25, 0.3) is 33.9 Å². The van der Waals surface area contributed by atoms with Crippen LogP contribution in [0.4, 0.5) is 0 Å². The maximum atomic E-state index is 10.3. The molecule has 6 heteroatoms. The number of pyridine rings is 2. The number of phenols is 2. The quantitative estimate of drug-likeness (QED) is 0.495. The molecule has 2 heterocycles. The van der Waals surface area contributed by atoms with E-state index < -0.39 is 0 Å². The molecule has 0 bridgehead atoms. The van der Waals surface area contributed by atoms with Crippen molar-refractivity contribution in [3.8, 4) is 56.9 Å². The Bertz CT molecular complexity index is 1110. The first-order valence-corrected chi connectivity index (χ1v) is 9.29. The van der Waals surface area contributed by atoms with E-state index in [0.717, 1.165) is 0 Å². The summed E-state index contributed by atoms with van der Waals surface area (Å²) in [6, 6.07) is 21.1. The van der Waals surface area contributed by atoms with Crippen LogP contribution in [-0.2, 0) is 0 Å². The molecule has 0 aliphatic rings. The number of phenolic OH excluding ortho intramolecular Hbond substituents is 2. The molecule has 30 heavy (non-hydrogen) atoms. The summed E-state index contributed by atoms with van der Waals surface area (Å²) in [6.45, 7) is 0. The van der Waals surface area contributed by atoms with Crippen molar-refractivity contribution in [2.45, 2.75) is 0 Å². The summed E-state index contributed by atoms with van der Waals surface area (Å²) in [7, 11) is 3.10. The van der Waals surface area contributed by atoms with Gasteiger partial charge in [-0.25, -0.2) is 9.97 Å². The average molecular weight is 400 g/mol. The Hall–Kier alpha value is -4.06. The Morgan fingerprint density at radius 1 is 0.533 bits per heavy atom. The lowest BCUT2D eigenvalue weighted by Gasteiger charge is -2.12. The van der Waals surface area contributed by atoms with E-state index >= 15 is 0 Å². The molecule has 4 rings (SSSR count). The molecule has 0 aliphatic carbocycles. The van der Waals surface area contributed by atoms with Crippen LogP contribution < -0.4 is 9.47 Å². The van der Waals surface area contributed by atoms with Crippen LogP contribution in [0, 0.1) is 0 Å². The Morgan fingerprint density at radius 2 is 0.900 bits per heavy atom. The molecule has 0 spiro atoms. The first-order chi connectivity index (χ1) is 14.6. The third-order valence-electron chi connectivity index (χ3n) is 4.72. The van der Waals surface area contributed by atoms with Gasteiger partial charge in [-0.15, -0.1) is 0 Å². The van der Waals surface area contributed by atoms with E-state index in [1.807, 2.05) is 24.3 Å². The van der Waals surface area contributed by atoms with E-state index in [9.17, 15) is 10.2 Å². The lowest BCUT2D eigenvalue weighted by atomic mass is 10.1. The molecule has 4 aromatic rings. The molecule has 2 N–H and O–H groups in total. The van der Waals surface area contributed by atoms with Gasteiger partial charge in [0, 0.05) is 0 Å². The van der Waals surface area contributed by atoms with Gasteiger partial charge in [0.15, 0.2) is 0 Å². The summed E-state index contributed by atoms with van der Waals surface area (Å²) in [5.41, 5.74) is 3.40. The SMILES string of the molecule is COc1cccc(O)c1-c1cccc(-c2cccc(-c3c(O)cccc3OC)n2)n1. The van der Waals surface area contributed by atoms with Crippen LogP contribution in [0.5, 0.6) is 23.0 Å². The third-order valence-corrected chi connectivity index (χ3v) is 4.72. The van der Waals surface area contributed by atoms with Crippen molar-refractivity contribution in [3.05, 3.63) is 72.8 Å². The zero-order valence-corrected chi connectivity index (χ0v) is 16.5. The number of ether oxygens (including phenoxy) is 2. The average Bonchev–Trinajstić information content (AvgIpc) is 2.78. The fourth-order valence-corrected chi connectivity index (χ4v) is 3.33. The van der Waals surface area contributed by atoms with Gasteiger partial charge >= 0.3 is 0 Å². The zero-order valence-electron chi connectivity index (χ0n) is 16.5. The van der Waals surface area contributed by atoms with Crippen molar-refractivity contribution in [3.63, 3.8) is 0 Å². The van der Waals surface area contributed by atoms with E-state index in [-0.39, 0.29) is 11.5 Å². The van der Waals surface area contributed by atoms with E-state index in [4.69, 9.17) is 9.47 Å². The van der Waals surface area contributed by atoms with Gasteiger partial charge < -0.3 is 19.7 Å². The Morgan fingerprint density at radius 3 is 1.30 bits per heavy atom. The third kappa shape index (κ3) is 3.51. The number of hydrogen-bond acceptors (Lipinski definition) is 6. The second kappa shape index (κ2) is 8.13. The predicted molar refractivity (Wildman–Crippen MR) is 115 cm³/mol. The van der Waals surface area contributed by atoms with Gasteiger partial charge in [0.05, 0.1) is 48.1 Å². The van der Waals surface area contributed by atoms with Crippen molar-refractivity contribution < 1.29 is 19.7 Å². The van der Waals surface area contributed by atoms with Crippen molar-refractivity contribution >= 4 is 0 Å². The lowest BCUT2D eigenvalue weighted by Crippen LogP contribution is -1.95. The van der Waals surface area contributed by atoms with Crippen molar-refractivity contribution in [1.82, 2.24) is 9.97 Å². The minimum Gasteiger partial charge on any atom is -0.507 e. The predicted octanol–water partition coefficient (Wildman–Crippen LogP) is 4.91. The standard InChI is InChI=1S/C24H20N2O4/c1-29-21-13-5-11-19(27)23(21)17-9-3-7-15(25-17)16-8-4-10-18(26-16)24-20(28)12-6-14-22(24)30-2/h3-14,27-28H,1-2H3. The largest absolute Gasteiger partial charge is 0.507 e. The van der Waals surface area contributed by atoms with Crippen LogP contribution in [0.15, 0.2) is 72.8 Å². The van der Waals surface area contributed by atoms with E-state index in [0.29, 0.717) is 45.4 Å². The summed E-state index contributed by atoms with van der Waals surface area (Å²) in [6.07, 6.45) is 0. The van der Waals surface area contributed by atoms with Crippen LogP contribution >= 0.6 is 0 Å². The van der Waals surface area contributed by atoms with Crippen LogP contribution in [0.3, 0.4) is 0 Å². The minimum absolute atomic E-state index is 0.0830. The monoisotopic (exact) mass is 400 g/mol. The zero-order chi connectivity index (χ0) is 21.1. The molecule has 2 aromatic heterocycles. The molecule has 2 aromatic carbocycles. The van der Waals surface area contributed by atoms with Crippen LogP contribution in [0.2, 0.25) is 0 Å². The second-order valence-corrected chi connectivity index (χ2v) is 6.52. The maximum Gasteiger partial charge on any atom is 0.132 e. The van der Waals surface area contributed by atoms with Gasteiger partial charge in [-0.1, -0.05) is 24.3 Å². The van der Waals surface area contributed by atoms with Gasteiger partial charge in [-0.3, -0.25) is 0 Å². The first-order valence-electron chi connectivity index (χ1n) is 9.29. The summed E-state index contributed by atoms with van der Waals surface area (Å²) in [4.78, 5) is 9.37. The molecular formula is C24H20N2O4. The summed E-state index contributed by atoms with van der Waals surface area (Å²) in [5.74, 6) is 1.22. The molecule has 0 unspecified atom stereocenters. The van der Waals surface area contributed by atoms with Crippen molar-refractivity contribution in [2.24, 2.45) is 0 Å². The maximum absolute atomic E-state index is 10.3. The summed E-state index contributed by atoms with van der Waals surface area (Å²) in [5, 5.41) is 20.7. The second-order valence-electron chi connectivity index (χ2n) is 6.52. The molecule has 0 atom stereocenters. The highest BCUT2D eigenvalue weighted by molar-refractivity contribution is 5.77. The van der Waals surface area contributed by atoms with Gasteiger partial charge in [0.25, 0.3) is 0 Å². The van der Waals surface area contributed by atoms with Crippen molar-refractivity contribution in [2.75, 3.05) is 14.2 Å². The Labute approximate surface area is 174 Å². The lowest BCUT2D eigenvalue weighted by molar-refractivity contribution is 0.409. The van der Waals surface area contributed by atoms with Gasteiger partial charge in [0.1, 0.15) is 23.0 Å². The molecule has 0 amide bonds. The Balaban J connectivity index is 1.81. The fourth-order valence-electron chi connectivity index (χ4n) is 3.33. The molecule has 0 radical (unpaired) electrons. The number of benzene rings is 2. The highest BCUT2D eigenvalue weighted by Crippen LogP contribution is 2.39. The van der Waals surface area contributed by atoms with E-state index in [1.165, 1.54) is 0 Å². The normalized spacial score (nSPS) is 10.6. The number of hydrogen-bond donors (Lipinski definition) is 2. The highest BCUT2D eigenvalue weighted by Gasteiger charge is 2.16. The van der Waals surface area contributed by atoms with Gasteiger partial charge in [-0.05, 0) is 48.5 Å². The molecule has 150 valence electrons. The number of rotatable bonds is 5. The van der Waals surface area contributed by atoms with E-state index in [1.54, 1.807) is 62.8 Å². The molecule has 0 saturated heterocycles. The number of aromatic hydroxyl groups is 2. The summed E-state index contributed by atoms with van der Waals surface area (Å²) >= 11 is 0. The molecule has 0 saturated carbocycles. The first kappa shape index (κ1) is 19.3. The smallest absolute Gasteiger partial charge is 0.132 e. The van der Waals surface area contributed by atoms with Gasteiger partial charge in [-0.2, -0.15) is 0 Å². The minimum atomic E-state index is 0.0830. The number of nitrogens with zero attached hydrogens (tertiary/aromatic N) is 2. The Kier molecular flexibility index (Phi) is 5.22. The molecule has 6 nitrogen and oxygen atoms in total. The molecular weight excluding hydrogens is 380 g/mol. The molecule has 0 fully saturated rings. The van der Waals surface area contributed by atoms with Crippen LogP contribution in [-0.4, -0.2) is 34.4 Å². The highest BCUT2D eigenvalue weighted by atomic mass is 16.5.